The number of hydrogen-bond acceptors (Lipinski definition) is 6. The average molecular weight is 500 g/mol. The van der Waals surface area contributed by atoms with Gasteiger partial charge in [0.2, 0.25) is 0 Å². The summed E-state index contributed by atoms with van der Waals surface area (Å²) in [6.45, 7) is 2.33. The Balaban J connectivity index is 0.000000697. The molecule has 0 aromatic rings. The summed E-state index contributed by atoms with van der Waals surface area (Å²) in [6, 6.07) is 0. The molecule has 0 atom stereocenters. The smallest absolute Gasteiger partial charge is 0.475 e. The summed E-state index contributed by atoms with van der Waals surface area (Å²) >= 11 is 6.10. The summed E-state index contributed by atoms with van der Waals surface area (Å²) in [5, 5.41) is 7.12. The van der Waals surface area contributed by atoms with Crippen LogP contribution in [0.25, 0.3) is 0 Å². The van der Waals surface area contributed by atoms with E-state index in [1.54, 1.807) is 0 Å². The molecule has 1 rings (SSSR count). The van der Waals surface area contributed by atoms with Gasteiger partial charge in [0.1, 0.15) is 8.96 Å². The normalized spacial score (nSPS) is 14.7. The lowest BCUT2D eigenvalue weighted by Gasteiger charge is -2.14. The van der Waals surface area contributed by atoms with Crippen LogP contribution < -0.4 is 5.73 Å². The van der Waals surface area contributed by atoms with Crippen molar-refractivity contribution in [3.63, 3.8) is 0 Å². The maximum Gasteiger partial charge on any atom is 0.490 e. The van der Waals surface area contributed by atoms with Crippen LogP contribution in [0.4, 0.5) is 13.2 Å². The first-order valence-corrected chi connectivity index (χ1v) is 8.19. The average Bonchev–Trinajstić information content (AvgIpc) is 2.71. The van der Waals surface area contributed by atoms with Gasteiger partial charge < -0.3 is 20.3 Å². The van der Waals surface area contributed by atoms with Gasteiger partial charge in [0.25, 0.3) is 11.8 Å². The number of alkyl halides is 3. The Hall–Kier alpha value is -1.02. The van der Waals surface area contributed by atoms with Crippen LogP contribution in [-0.4, -0.2) is 73.5 Å². The minimum atomic E-state index is -5.08. The molecule has 25 heavy (non-hydrogen) atoms. The van der Waals surface area contributed by atoms with Crippen LogP contribution >= 0.6 is 31.9 Å². The lowest BCUT2D eigenvalue weighted by Crippen LogP contribution is -2.34. The van der Waals surface area contributed by atoms with Gasteiger partial charge in [0.15, 0.2) is 0 Å². The standard InChI is InChI=1S/C10H14Br2N2O4.C2HF3O2/c11-7-8(12)10(16)14(9(7)15)2-4-18-6-5-17-3-1-13;3-2(4,5)1(6)7/h1-6,13H2;(H,6,7). The van der Waals surface area contributed by atoms with E-state index >= 15 is 0 Å². The zero-order valence-electron chi connectivity index (χ0n) is 12.6. The fourth-order valence-corrected chi connectivity index (χ4v) is 2.05. The van der Waals surface area contributed by atoms with Gasteiger partial charge in [0, 0.05) is 6.54 Å². The Morgan fingerprint density at radius 1 is 1.04 bits per heavy atom. The molecule has 0 unspecified atom stereocenters. The summed E-state index contributed by atoms with van der Waals surface area (Å²) in [7, 11) is 0. The molecule has 1 aliphatic rings. The van der Waals surface area contributed by atoms with E-state index < -0.39 is 12.1 Å². The minimum Gasteiger partial charge on any atom is -0.475 e. The highest BCUT2D eigenvalue weighted by Gasteiger charge is 2.38. The molecular weight excluding hydrogens is 485 g/mol. The molecule has 3 N–H and O–H groups in total. The van der Waals surface area contributed by atoms with Gasteiger partial charge in [-0.3, -0.25) is 14.5 Å². The van der Waals surface area contributed by atoms with Crippen molar-refractivity contribution in [3.8, 4) is 0 Å². The van der Waals surface area contributed by atoms with Gasteiger partial charge in [-0.1, -0.05) is 0 Å². The first-order chi connectivity index (χ1) is 11.5. The number of nitrogens with two attached hydrogens (primary N) is 1. The topological polar surface area (TPSA) is 119 Å². The third-order valence-corrected chi connectivity index (χ3v) is 4.40. The largest absolute Gasteiger partial charge is 0.490 e. The Kier molecular flexibility index (Phi) is 11.1. The van der Waals surface area contributed by atoms with Crippen LogP contribution in [0.5, 0.6) is 0 Å². The number of aliphatic carboxylic acids is 1. The molecule has 144 valence electrons. The second-order valence-corrected chi connectivity index (χ2v) is 5.79. The number of nitrogens with zero attached hydrogens (tertiary/aromatic N) is 1. The van der Waals surface area contributed by atoms with E-state index in [-0.39, 0.29) is 33.9 Å². The lowest BCUT2D eigenvalue weighted by atomic mass is 10.5. The quantitative estimate of drug-likeness (QED) is 0.377. The number of rotatable bonds is 8. The lowest BCUT2D eigenvalue weighted by molar-refractivity contribution is -0.192. The molecule has 2 amide bonds. The van der Waals surface area contributed by atoms with Gasteiger partial charge in [0.05, 0.1) is 33.0 Å². The highest BCUT2D eigenvalue weighted by molar-refractivity contribution is 9.14. The zero-order valence-corrected chi connectivity index (χ0v) is 15.8. The molecule has 0 radical (unpaired) electrons. The van der Waals surface area contributed by atoms with Crippen molar-refractivity contribution >= 4 is 49.6 Å². The fourth-order valence-electron chi connectivity index (χ4n) is 1.28. The fraction of sp³-hybridized carbons (Fsp3) is 0.583. The molecule has 0 aliphatic carbocycles. The predicted octanol–water partition coefficient (Wildman–Crippen LogP) is 0.982. The minimum absolute atomic E-state index is 0.221. The summed E-state index contributed by atoms with van der Waals surface area (Å²) in [4.78, 5) is 33.2. The monoisotopic (exact) mass is 498 g/mol. The molecule has 0 saturated carbocycles. The maximum absolute atomic E-state index is 11.6. The molecule has 13 heteroatoms. The number of hydrogen-bond donors (Lipinski definition) is 2. The molecule has 0 spiro atoms. The zero-order chi connectivity index (χ0) is 19.6. The second kappa shape index (κ2) is 11.6. The van der Waals surface area contributed by atoms with Gasteiger partial charge in [-0.15, -0.1) is 0 Å². The Labute approximate surface area is 157 Å². The summed E-state index contributed by atoms with van der Waals surface area (Å²) in [5.74, 6) is -3.46. The van der Waals surface area contributed by atoms with E-state index in [4.69, 9.17) is 25.1 Å². The van der Waals surface area contributed by atoms with Crippen LogP contribution in [-0.2, 0) is 23.9 Å². The van der Waals surface area contributed by atoms with Crippen LogP contribution in [0.1, 0.15) is 0 Å². The molecular formula is C12H15Br2F3N2O6. The van der Waals surface area contributed by atoms with Gasteiger partial charge >= 0.3 is 12.1 Å². The first-order valence-electron chi connectivity index (χ1n) is 6.61. The molecule has 0 fully saturated rings. The maximum atomic E-state index is 11.6. The van der Waals surface area contributed by atoms with E-state index in [0.29, 0.717) is 26.4 Å². The van der Waals surface area contributed by atoms with E-state index in [1.165, 1.54) is 0 Å². The number of carboxylic acid groups (broad SMARTS) is 1. The first kappa shape index (κ1) is 24.0. The molecule has 1 aliphatic heterocycles. The number of ether oxygens (including phenoxy) is 2. The predicted molar refractivity (Wildman–Crippen MR) is 86.0 cm³/mol. The Morgan fingerprint density at radius 2 is 1.44 bits per heavy atom. The molecule has 0 saturated heterocycles. The van der Waals surface area contributed by atoms with E-state index in [0.717, 1.165) is 4.90 Å². The van der Waals surface area contributed by atoms with E-state index in [1.807, 2.05) is 0 Å². The molecule has 0 aromatic heterocycles. The highest BCUT2D eigenvalue weighted by atomic mass is 79.9. The molecule has 1 heterocycles. The molecule has 0 bridgehead atoms. The Bertz CT molecular complexity index is 503. The molecule has 0 aromatic carbocycles. The van der Waals surface area contributed by atoms with E-state index in [2.05, 4.69) is 31.9 Å². The van der Waals surface area contributed by atoms with Crippen molar-refractivity contribution in [1.29, 1.82) is 0 Å². The third kappa shape index (κ3) is 8.76. The number of carboxylic acids is 1. The number of carbonyl (C=O) groups is 3. The van der Waals surface area contributed by atoms with Gasteiger partial charge in [-0.05, 0) is 31.9 Å². The number of halogens is 5. The number of imide groups is 1. The van der Waals surface area contributed by atoms with Gasteiger partial charge in [-0.2, -0.15) is 13.2 Å². The van der Waals surface area contributed by atoms with Crippen molar-refractivity contribution in [3.05, 3.63) is 8.96 Å². The van der Waals surface area contributed by atoms with Crippen molar-refractivity contribution in [2.45, 2.75) is 6.18 Å². The number of amides is 2. The van der Waals surface area contributed by atoms with Crippen LogP contribution in [0.15, 0.2) is 8.96 Å². The van der Waals surface area contributed by atoms with Crippen molar-refractivity contribution < 1.29 is 42.1 Å². The summed E-state index contributed by atoms with van der Waals surface area (Å²) in [6.07, 6.45) is -5.08. The van der Waals surface area contributed by atoms with E-state index in [9.17, 15) is 22.8 Å². The number of carbonyl (C=O) groups excluding carboxylic acids is 2. The van der Waals surface area contributed by atoms with Crippen molar-refractivity contribution in [2.24, 2.45) is 5.73 Å². The second-order valence-electron chi connectivity index (χ2n) is 4.21. The third-order valence-electron chi connectivity index (χ3n) is 2.39. The highest BCUT2D eigenvalue weighted by Crippen LogP contribution is 2.28. The van der Waals surface area contributed by atoms with Gasteiger partial charge in [-0.25, -0.2) is 4.79 Å². The van der Waals surface area contributed by atoms with Crippen LogP contribution in [0.2, 0.25) is 0 Å². The van der Waals surface area contributed by atoms with Crippen molar-refractivity contribution in [2.75, 3.05) is 39.5 Å². The summed E-state index contributed by atoms with van der Waals surface area (Å²) in [5.41, 5.74) is 5.25. The molecule has 8 nitrogen and oxygen atoms in total. The summed E-state index contributed by atoms with van der Waals surface area (Å²) < 4.78 is 42.6. The Morgan fingerprint density at radius 3 is 1.80 bits per heavy atom. The SMILES string of the molecule is NCCOCCOCCN1C(=O)C(Br)=C(Br)C1=O.O=C(O)C(F)(F)F. The van der Waals surface area contributed by atoms with Crippen LogP contribution in [0.3, 0.4) is 0 Å². The van der Waals surface area contributed by atoms with Crippen LogP contribution in [0, 0.1) is 0 Å². The van der Waals surface area contributed by atoms with Crippen molar-refractivity contribution in [1.82, 2.24) is 4.90 Å².